The van der Waals surface area contributed by atoms with E-state index in [0.29, 0.717) is 12.0 Å². The Labute approximate surface area is 83.7 Å². The first-order valence-electron chi connectivity index (χ1n) is 4.95. The van der Waals surface area contributed by atoms with E-state index < -0.39 is 0 Å². The standard InChI is InChI=1S/C10H15N3O/c1-11-6-8-4-9(5-8)14-10-7-12-2-3-13-10/h2-3,7-9,11H,4-6H2,1H3. The summed E-state index contributed by atoms with van der Waals surface area (Å²) in [5.74, 6) is 1.40. The van der Waals surface area contributed by atoms with Crippen LogP contribution in [0.15, 0.2) is 18.6 Å². The molecule has 1 fully saturated rings. The number of aromatic nitrogens is 2. The molecule has 0 aliphatic heterocycles. The van der Waals surface area contributed by atoms with E-state index in [1.54, 1.807) is 18.6 Å². The fraction of sp³-hybridized carbons (Fsp3) is 0.600. The molecule has 0 aromatic carbocycles. The van der Waals surface area contributed by atoms with Crippen molar-refractivity contribution in [2.45, 2.75) is 18.9 Å². The number of hydrogen-bond donors (Lipinski definition) is 1. The second-order valence-corrected chi connectivity index (χ2v) is 3.68. The Morgan fingerprint density at radius 3 is 3.00 bits per heavy atom. The monoisotopic (exact) mass is 193 g/mol. The lowest BCUT2D eigenvalue weighted by Crippen LogP contribution is -2.38. The molecule has 76 valence electrons. The van der Waals surface area contributed by atoms with Crippen molar-refractivity contribution in [2.75, 3.05) is 13.6 Å². The first-order valence-corrected chi connectivity index (χ1v) is 4.95. The SMILES string of the molecule is CNCC1CC(Oc2cnccn2)C1. The molecule has 0 amide bonds. The summed E-state index contributed by atoms with van der Waals surface area (Å²) in [7, 11) is 1.98. The Hall–Kier alpha value is -1.16. The Morgan fingerprint density at radius 1 is 1.50 bits per heavy atom. The third-order valence-electron chi connectivity index (χ3n) is 2.51. The summed E-state index contributed by atoms with van der Waals surface area (Å²) in [6, 6.07) is 0. The summed E-state index contributed by atoms with van der Waals surface area (Å²) in [4.78, 5) is 8.02. The molecule has 4 nitrogen and oxygen atoms in total. The molecule has 0 unspecified atom stereocenters. The van der Waals surface area contributed by atoms with Crippen molar-refractivity contribution in [2.24, 2.45) is 5.92 Å². The zero-order chi connectivity index (χ0) is 9.80. The van der Waals surface area contributed by atoms with Gasteiger partial charge in [-0.05, 0) is 32.4 Å². The molecule has 1 saturated carbocycles. The number of nitrogens with one attached hydrogen (secondary N) is 1. The first-order chi connectivity index (χ1) is 6.88. The van der Waals surface area contributed by atoms with Gasteiger partial charge in [0.15, 0.2) is 0 Å². The lowest BCUT2D eigenvalue weighted by Gasteiger charge is -2.34. The Kier molecular flexibility index (Phi) is 2.93. The molecule has 1 aliphatic carbocycles. The zero-order valence-electron chi connectivity index (χ0n) is 8.31. The molecular weight excluding hydrogens is 178 g/mol. The molecule has 0 spiro atoms. The molecule has 1 aromatic rings. The van der Waals surface area contributed by atoms with Gasteiger partial charge in [0.25, 0.3) is 0 Å². The lowest BCUT2D eigenvalue weighted by molar-refractivity contribution is 0.0613. The molecule has 0 saturated heterocycles. The van der Waals surface area contributed by atoms with Crippen molar-refractivity contribution in [3.8, 4) is 5.88 Å². The minimum Gasteiger partial charge on any atom is -0.473 e. The van der Waals surface area contributed by atoms with Crippen LogP contribution in [0.5, 0.6) is 5.88 Å². The summed E-state index contributed by atoms with van der Waals surface area (Å²) < 4.78 is 5.63. The van der Waals surface area contributed by atoms with Crippen LogP contribution >= 0.6 is 0 Å². The lowest BCUT2D eigenvalue weighted by atomic mass is 9.82. The summed E-state index contributed by atoms with van der Waals surface area (Å²) in [6.07, 6.45) is 7.54. The van der Waals surface area contributed by atoms with Crippen LogP contribution in [0.1, 0.15) is 12.8 Å². The minimum absolute atomic E-state index is 0.338. The van der Waals surface area contributed by atoms with Crippen molar-refractivity contribution < 1.29 is 4.74 Å². The predicted octanol–water partition coefficient (Wildman–Crippen LogP) is 0.853. The van der Waals surface area contributed by atoms with Gasteiger partial charge in [-0.25, -0.2) is 4.98 Å². The summed E-state index contributed by atoms with van der Waals surface area (Å²) in [6.45, 7) is 1.08. The molecular formula is C10H15N3O. The molecule has 2 rings (SSSR count). The smallest absolute Gasteiger partial charge is 0.232 e. The van der Waals surface area contributed by atoms with Crippen LogP contribution < -0.4 is 10.1 Å². The van der Waals surface area contributed by atoms with E-state index in [-0.39, 0.29) is 0 Å². The van der Waals surface area contributed by atoms with E-state index in [1.165, 1.54) is 0 Å². The van der Waals surface area contributed by atoms with E-state index in [0.717, 1.165) is 25.3 Å². The molecule has 1 N–H and O–H groups in total. The van der Waals surface area contributed by atoms with Gasteiger partial charge in [-0.3, -0.25) is 4.98 Å². The van der Waals surface area contributed by atoms with Gasteiger partial charge in [-0.1, -0.05) is 0 Å². The Morgan fingerprint density at radius 2 is 2.36 bits per heavy atom. The zero-order valence-corrected chi connectivity index (χ0v) is 8.31. The molecule has 1 aliphatic rings. The molecule has 14 heavy (non-hydrogen) atoms. The van der Waals surface area contributed by atoms with Crippen molar-refractivity contribution in [1.29, 1.82) is 0 Å². The average molecular weight is 193 g/mol. The Bertz CT molecular complexity index is 272. The summed E-state index contributed by atoms with van der Waals surface area (Å²) >= 11 is 0. The maximum absolute atomic E-state index is 5.63. The molecule has 0 atom stereocenters. The highest BCUT2D eigenvalue weighted by atomic mass is 16.5. The van der Waals surface area contributed by atoms with E-state index in [4.69, 9.17) is 4.74 Å². The van der Waals surface area contributed by atoms with Gasteiger partial charge in [0.05, 0.1) is 6.20 Å². The quantitative estimate of drug-likeness (QED) is 0.770. The van der Waals surface area contributed by atoms with Gasteiger partial charge >= 0.3 is 0 Å². The normalized spacial score (nSPS) is 25.5. The number of ether oxygens (including phenoxy) is 1. The first kappa shape index (κ1) is 9.40. The van der Waals surface area contributed by atoms with E-state index >= 15 is 0 Å². The summed E-state index contributed by atoms with van der Waals surface area (Å²) in [5, 5.41) is 3.17. The van der Waals surface area contributed by atoms with Gasteiger partial charge in [-0.2, -0.15) is 0 Å². The third kappa shape index (κ3) is 2.20. The fourth-order valence-electron chi connectivity index (χ4n) is 1.74. The highest BCUT2D eigenvalue weighted by molar-refractivity contribution is 5.03. The molecule has 1 heterocycles. The topological polar surface area (TPSA) is 47.0 Å². The van der Waals surface area contributed by atoms with Crippen LogP contribution in [-0.2, 0) is 0 Å². The van der Waals surface area contributed by atoms with Gasteiger partial charge in [-0.15, -0.1) is 0 Å². The highest BCUT2D eigenvalue weighted by Crippen LogP contribution is 2.29. The Balaban J connectivity index is 1.74. The van der Waals surface area contributed by atoms with Crippen LogP contribution in [0.3, 0.4) is 0 Å². The van der Waals surface area contributed by atoms with Crippen molar-refractivity contribution in [1.82, 2.24) is 15.3 Å². The van der Waals surface area contributed by atoms with Gasteiger partial charge in [0, 0.05) is 12.4 Å². The number of nitrogens with zero attached hydrogens (tertiary/aromatic N) is 2. The predicted molar refractivity (Wildman–Crippen MR) is 53.1 cm³/mol. The van der Waals surface area contributed by atoms with Crippen molar-refractivity contribution in [3.63, 3.8) is 0 Å². The van der Waals surface area contributed by atoms with E-state index in [1.807, 2.05) is 7.05 Å². The minimum atomic E-state index is 0.338. The van der Waals surface area contributed by atoms with Crippen LogP contribution in [-0.4, -0.2) is 29.7 Å². The van der Waals surface area contributed by atoms with Crippen molar-refractivity contribution >= 4 is 0 Å². The van der Waals surface area contributed by atoms with Crippen LogP contribution in [0.25, 0.3) is 0 Å². The van der Waals surface area contributed by atoms with Gasteiger partial charge < -0.3 is 10.1 Å². The second kappa shape index (κ2) is 4.37. The maximum atomic E-state index is 5.63. The van der Waals surface area contributed by atoms with Gasteiger partial charge in [0.1, 0.15) is 6.10 Å². The second-order valence-electron chi connectivity index (χ2n) is 3.68. The third-order valence-corrected chi connectivity index (χ3v) is 2.51. The van der Waals surface area contributed by atoms with Crippen LogP contribution in [0, 0.1) is 5.92 Å². The van der Waals surface area contributed by atoms with E-state index in [9.17, 15) is 0 Å². The van der Waals surface area contributed by atoms with Crippen LogP contribution in [0.2, 0.25) is 0 Å². The molecule has 0 radical (unpaired) electrons. The number of hydrogen-bond acceptors (Lipinski definition) is 4. The van der Waals surface area contributed by atoms with E-state index in [2.05, 4.69) is 15.3 Å². The molecule has 0 bridgehead atoms. The average Bonchev–Trinajstić information content (AvgIpc) is 2.16. The maximum Gasteiger partial charge on any atom is 0.232 e. The van der Waals surface area contributed by atoms with Crippen LogP contribution in [0.4, 0.5) is 0 Å². The van der Waals surface area contributed by atoms with Crippen molar-refractivity contribution in [3.05, 3.63) is 18.6 Å². The largest absolute Gasteiger partial charge is 0.473 e. The molecule has 4 heteroatoms. The summed E-state index contributed by atoms with van der Waals surface area (Å²) in [5.41, 5.74) is 0. The number of rotatable bonds is 4. The van der Waals surface area contributed by atoms with Gasteiger partial charge in [0.2, 0.25) is 5.88 Å². The fourth-order valence-corrected chi connectivity index (χ4v) is 1.74. The highest BCUT2D eigenvalue weighted by Gasteiger charge is 2.30. The molecule has 1 aromatic heterocycles.